The molecule has 142 valence electrons. The summed E-state index contributed by atoms with van der Waals surface area (Å²) in [5, 5.41) is 3.16. The second-order valence-electron chi connectivity index (χ2n) is 6.69. The molecule has 0 aliphatic carbocycles. The molecule has 0 bridgehead atoms. The Morgan fingerprint density at radius 2 is 2.15 bits per heavy atom. The van der Waals surface area contributed by atoms with Crippen LogP contribution < -0.4 is 11.1 Å². The van der Waals surface area contributed by atoms with Crippen molar-refractivity contribution in [2.75, 3.05) is 25.5 Å². The van der Waals surface area contributed by atoms with Crippen LogP contribution in [-0.4, -0.2) is 53.8 Å². The molecule has 0 radical (unpaired) electrons. The van der Waals surface area contributed by atoms with Crippen molar-refractivity contribution in [2.45, 2.75) is 45.7 Å². The quantitative estimate of drug-likeness (QED) is 0.598. The number of carbonyl (C=O) groups excluding carboxylic acids is 1. The topological polar surface area (TPSA) is 92.8 Å². The van der Waals surface area contributed by atoms with Gasteiger partial charge in [0.05, 0.1) is 42.0 Å². The molecule has 7 nitrogen and oxygen atoms in total. The Kier molecular flexibility index (Phi) is 7.15. The van der Waals surface area contributed by atoms with Crippen LogP contribution in [0.3, 0.4) is 0 Å². The zero-order chi connectivity index (χ0) is 19.1. The number of nitrogens with two attached hydrogens (primary N) is 1. The first-order valence-electron chi connectivity index (χ1n) is 8.96. The maximum Gasteiger partial charge on any atom is 0.340 e. The van der Waals surface area contributed by atoms with E-state index in [1.807, 2.05) is 6.92 Å². The lowest BCUT2D eigenvalue weighted by Crippen LogP contribution is -2.39. The number of nitrogens with zero attached hydrogens (tertiary/aromatic N) is 3. The summed E-state index contributed by atoms with van der Waals surface area (Å²) in [4.78, 5) is 23.3. The number of ether oxygens (including phenoxy) is 1. The summed E-state index contributed by atoms with van der Waals surface area (Å²) in [5.41, 5.74) is 8.22. The molecule has 1 aromatic heterocycles. The van der Waals surface area contributed by atoms with Crippen molar-refractivity contribution in [1.82, 2.24) is 9.88 Å². The summed E-state index contributed by atoms with van der Waals surface area (Å²) in [7, 11) is 1.35. The SMILES string of the molecule is COC(=O)c1ccncc1NC(=CN)C(C)=NC1CCN(C(C)C)CC1. The summed E-state index contributed by atoms with van der Waals surface area (Å²) in [6.45, 7) is 8.49. The zero-order valence-electron chi connectivity index (χ0n) is 16.0. The van der Waals surface area contributed by atoms with Gasteiger partial charge in [-0.3, -0.25) is 9.98 Å². The van der Waals surface area contributed by atoms with Crippen LogP contribution in [0, 0.1) is 0 Å². The Balaban J connectivity index is 2.09. The number of carbonyl (C=O) groups is 1. The van der Waals surface area contributed by atoms with Crippen molar-refractivity contribution >= 4 is 17.4 Å². The van der Waals surface area contributed by atoms with Gasteiger partial charge in [0.25, 0.3) is 0 Å². The molecule has 0 amide bonds. The van der Waals surface area contributed by atoms with Gasteiger partial charge in [-0.25, -0.2) is 4.79 Å². The van der Waals surface area contributed by atoms with E-state index in [9.17, 15) is 4.79 Å². The second kappa shape index (κ2) is 9.33. The van der Waals surface area contributed by atoms with Crippen LogP contribution in [0.25, 0.3) is 0 Å². The van der Waals surface area contributed by atoms with Gasteiger partial charge in [0.15, 0.2) is 0 Å². The lowest BCUT2D eigenvalue weighted by molar-refractivity contribution is 0.0601. The summed E-state index contributed by atoms with van der Waals surface area (Å²) >= 11 is 0. The zero-order valence-corrected chi connectivity index (χ0v) is 16.0. The number of hydrogen-bond donors (Lipinski definition) is 2. The van der Waals surface area contributed by atoms with Crippen LogP contribution in [0.4, 0.5) is 5.69 Å². The number of hydrogen-bond acceptors (Lipinski definition) is 7. The molecule has 0 atom stereocenters. The van der Waals surface area contributed by atoms with E-state index in [0.29, 0.717) is 23.0 Å². The van der Waals surface area contributed by atoms with Crippen LogP contribution in [0.15, 0.2) is 35.3 Å². The molecule has 7 heteroatoms. The van der Waals surface area contributed by atoms with Crippen molar-refractivity contribution in [3.05, 3.63) is 35.9 Å². The van der Waals surface area contributed by atoms with E-state index in [4.69, 9.17) is 15.5 Å². The van der Waals surface area contributed by atoms with Gasteiger partial charge in [-0.1, -0.05) is 0 Å². The number of esters is 1. The van der Waals surface area contributed by atoms with E-state index < -0.39 is 5.97 Å². The molecule has 1 saturated heterocycles. The van der Waals surface area contributed by atoms with Crippen molar-refractivity contribution < 1.29 is 9.53 Å². The van der Waals surface area contributed by atoms with E-state index in [0.717, 1.165) is 31.6 Å². The Bertz CT molecular complexity index is 676. The molecule has 2 rings (SSSR count). The molecule has 1 aromatic rings. The number of nitrogens with one attached hydrogen (secondary N) is 1. The monoisotopic (exact) mass is 359 g/mol. The number of allylic oxidation sites excluding steroid dienone is 1. The summed E-state index contributed by atoms with van der Waals surface area (Å²) in [6.07, 6.45) is 6.66. The fourth-order valence-corrected chi connectivity index (χ4v) is 3.05. The Hall–Kier alpha value is -2.41. The standard InChI is InChI=1S/C19H29N5O2/c1-13(2)24-9-6-15(7-10-24)22-14(3)17(11-20)23-18-12-21-8-5-16(18)19(25)26-4/h5,8,11-13,15,23H,6-7,9-10,20H2,1-4H3. The van der Waals surface area contributed by atoms with Crippen molar-refractivity contribution in [2.24, 2.45) is 10.7 Å². The van der Waals surface area contributed by atoms with E-state index in [1.54, 1.807) is 18.5 Å². The summed E-state index contributed by atoms with van der Waals surface area (Å²) < 4.78 is 4.81. The van der Waals surface area contributed by atoms with E-state index >= 15 is 0 Å². The Morgan fingerprint density at radius 1 is 1.46 bits per heavy atom. The number of piperidine rings is 1. The molecular formula is C19H29N5O2. The summed E-state index contributed by atoms with van der Waals surface area (Å²) in [6, 6.07) is 2.47. The summed E-state index contributed by atoms with van der Waals surface area (Å²) in [5.74, 6) is -0.429. The fraction of sp³-hybridized carbons (Fsp3) is 0.526. The van der Waals surface area contributed by atoms with Gasteiger partial charge >= 0.3 is 5.97 Å². The number of methoxy groups -OCH3 is 1. The first-order chi connectivity index (χ1) is 12.5. The number of pyridine rings is 1. The molecule has 2 heterocycles. The second-order valence-corrected chi connectivity index (χ2v) is 6.69. The molecule has 3 N–H and O–H groups in total. The average Bonchev–Trinajstić information content (AvgIpc) is 2.66. The number of aromatic nitrogens is 1. The average molecular weight is 359 g/mol. The van der Waals surface area contributed by atoms with Gasteiger partial charge in [-0.05, 0) is 39.7 Å². The lowest BCUT2D eigenvalue weighted by atomic mass is 10.0. The minimum Gasteiger partial charge on any atom is -0.465 e. The minimum atomic E-state index is -0.429. The minimum absolute atomic E-state index is 0.288. The normalized spacial score (nSPS) is 17.4. The first kappa shape index (κ1) is 19.9. The molecule has 0 saturated carbocycles. The predicted molar refractivity (Wildman–Crippen MR) is 104 cm³/mol. The van der Waals surface area contributed by atoms with Crippen LogP contribution in [-0.2, 0) is 4.74 Å². The number of rotatable bonds is 6. The van der Waals surface area contributed by atoms with Crippen molar-refractivity contribution in [3.8, 4) is 0 Å². The molecule has 0 spiro atoms. The van der Waals surface area contributed by atoms with Crippen LogP contribution in [0.1, 0.15) is 44.0 Å². The van der Waals surface area contributed by atoms with E-state index in [1.165, 1.54) is 13.3 Å². The maximum atomic E-state index is 11.9. The molecular weight excluding hydrogens is 330 g/mol. The highest BCUT2D eigenvalue weighted by atomic mass is 16.5. The third kappa shape index (κ3) is 5.05. The first-order valence-corrected chi connectivity index (χ1v) is 8.96. The highest BCUT2D eigenvalue weighted by molar-refractivity contribution is 6.03. The van der Waals surface area contributed by atoms with Gasteiger partial charge in [0, 0.05) is 31.5 Å². The fourth-order valence-electron chi connectivity index (χ4n) is 3.05. The Morgan fingerprint density at radius 3 is 2.73 bits per heavy atom. The molecule has 0 unspecified atom stereocenters. The van der Waals surface area contributed by atoms with Crippen LogP contribution in [0.2, 0.25) is 0 Å². The smallest absolute Gasteiger partial charge is 0.340 e. The third-order valence-corrected chi connectivity index (χ3v) is 4.66. The lowest BCUT2D eigenvalue weighted by Gasteiger charge is -2.33. The molecule has 26 heavy (non-hydrogen) atoms. The maximum absolute atomic E-state index is 11.9. The molecule has 1 aliphatic heterocycles. The molecule has 1 aliphatic rings. The highest BCUT2D eigenvalue weighted by Crippen LogP contribution is 2.19. The van der Waals surface area contributed by atoms with Crippen LogP contribution >= 0.6 is 0 Å². The van der Waals surface area contributed by atoms with Gasteiger partial charge < -0.3 is 20.7 Å². The van der Waals surface area contributed by atoms with Gasteiger partial charge in [-0.15, -0.1) is 0 Å². The molecule has 1 fully saturated rings. The van der Waals surface area contributed by atoms with E-state index in [2.05, 4.69) is 29.0 Å². The number of likely N-dealkylation sites (tertiary alicyclic amines) is 1. The van der Waals surface area contributed by atoms with Crippen LogP contribution in [0.5, 0.6) is 0 Å². The van der Waals surface area contributed by atoms with Crippen molar-refractivity contribution in [3.63, 3.8) is 0 Å². The Labute approximate surface area is 155 Å². The van der Waals surface area contributed by atoms with Gasteiger partial charge in [0.1, 0.15) is 0 Å². The number of aliphatic imine (C=N–C) groups is 1. The van der Waals surface area contributed by atoms with Gasteiger partial charge in [0.2, 0.25) is 0 Å². The van der Waals surface area contributed by atoms with Crippen molar-refractivity contribution in [1.29, 1.82) is 0 Å². The highest BCUT2D eigenvalue weighted by Gasteiger charge is 2.21. The molecule has 0 aromatic carbocycles. The van der Waals surface area contributed by atoms with Gasteiger partial charge in [-0.2, -0.15) is 0 Å². The third-order valence-electron chi connectivity index (χ3n) is 4.66. The van der Waals surface area contributed by atoms with E-state index in [-0.39, 0.29) is 6.04 Å². The largest absolute Gasteiger partial charge is 0.465 e. The number of anilines is 1. The predicted octanol–water partition coefficient (Wildman–Crippen LogP) is 2.41.